The predicted molar refractivity (Wildman–Crippen MR) is 102 cm³/mol. The van der Waals surface area contributed by atoms with Gasteiger partial charge in [0.05, 0.1) is 5.69 Å². The summed E-state index contributed by atoms with van der Waals surface area (Å²) < 4.78 is 1.59. The Morgan fingerprint density at radius 3 is 2.81 bits per heavy atom. The average Bonchev–Trinajstić information content (AvgIpc) is 3.23. The molecule has 4 rings (SSSR count). The molecule has 138 valence electrons. The van der Waals surface area contributed by atoms with Crippen molar-refractivity contribution in [2.24, 2.45) is 0 Å². The summed E-state index contributed by atoms with van der Waals surface area (Å²) in [4.78, 5) is 12.9. The monoisotopic (exact) mass is 362 g/mol. The fraction of sp³-hybridized carbons (Fsp3) is 0.300. The van der Waals surface area contributed by atoms with E-state index in [1.165, 1.54) is 5.56 Å². The molecule has 1 amide bonds. The molecule has 0 spiro atoms. The van der Waals surface area contributed by atoms with Gasteiger partial charge in [0.2, 0.25) is 0 Å². The third kappa shape index (κ3) is 3.73. The summed E-state index contributed by atoms with van der Waals surface area (Å²) in [6.45, 7) is 3.68. The molecule has 1 aliphatic heterocycles. The van der Waals surface area contributed by atoms with E-state index in [0.717, 1.165) is 30.8 Å². The quantitative estimate of drug-likeness (QED) is 0.740. The second-order valence-electron chi connectivity index (χ2n) is 6.85. The van der Waals surface area contributed by atoms with E-state index >= 15 is 0 Å². The molecule has 0 saturated carbocycles. The third-order valence-electron chi connectivity index (χ3n) is 5.08. The predicted octanol–water partition coefficient (Wildman–Crippen LogP) is 1.85. The van der Waals surface area contributed by atoms with Gasteiger partial charge in [-0.1, -0.05) is 30.3 Å². The number of tetrazole rings is 1. The van der Waals surface area contributed by atoms with E-state index < -0.39 is 0 Å². The smallest absolute Gasteiger partial charge is 0.251 e. The Labute approximate surface area is 157 Å². The van der Waals surface area contributed by atoms with Crippen molar-refractivity contribution in [1.82, 2.24) is 30.8 Å². The first kappa shape index (κ1) is 17.4. The Bertz CT molecular complexity index is 909. The molecule has 2 atom stereocenters. The van der Waals surface area contributed by atoms with E-state index in [2.05, 4.69) is 50.4 Å². The Hall–Kier alpha value is -3.06. The molecule has 27 heavy (non-hydrogen) atoms. The molecule has 1 aromatic heterocycles. The van der Waals surface area contributed by atoms with Crippen molar-refractivity contribution in [2.75, 3.05) is 13.1 Å². The lowest BCUT2D eigenvalue weighted by molar-refractivity contribution is 0.0924. The Kier molecular flexibility index (Phi) is 4.93. The average molecular weight is 362 g/mol. The van der Waals surface area contributed by atoms with E-state index in [1.807, 2.05) is 31.2 Å². The summed E-state index contributed by atoms with van der Waals surface area (Å²) in [6.07, 6.45) is 2.55. The Morgan fingerprint density at radius 2 is 2.07 bits per heavy atom. The number of rotatable bonds is 4. The van der Waals surface area contributed by atoms with Crippen LogP contribution >= 0.6 is 0 Å². The van der Waals surface area contributed by atoms with E-state index in [9.17, 15) is 4.79 Å². The maximum Gasteiger partial charge on any atom is 0.251 e. The first-order valence-electron chi connectivity index (χ1n) is 9.13. The van der Waals surface area contributed by atoms with Gasteiger partial charge < -0.3 is 10.6 Å². The van der Waals surface area contributed by atoms with Crippen molar-refractivity contribution in [3.05, 3.63) is 71.5 Å². The fourth-order valence-corrected chi connectivity index (χ4v) is 3.69. The first-order valence-corrected chi connectivity index (χ1v) is 9.13. The van der Waals surface area contributed by atoms with Crippen LogP contribution in [0.25, 0.3) is 5.69 Å². The molecule has 3 aromatic rings. The lowest BCUT2D eigenvalue weighted by Gasteiger charge is -2.33. The van der Waals surface area contributed by atoms with Gasteiger partial charge in [-0.25, -0.2) is 4.68 Å². The highest BCUT2D eigenvalue weighted by Gasteiger charge is 2.28. The van der Waals surface area contributed by atoms with Crippen molar-refractivity contribution in [1.29, 1.82) is 0 Å². The maximum atomic E-state index is 12.9. The molecule has 2 aromatic carbocycles. The number of carbonyl (C=O) groups is 1. The van der Waals surface area contributed by atoms with Crippen LogP contribution in [0.5, 0.6) is 0 Å². The number of piperidine rings is 1. The number of nitrogens with one attached hydrogen (secondary N) is 2. The molecule has 2 N–H and O–H groups in total. The number of nitrogens with zero attached hydrogens (tertiary/aromatic N) is 4. The summed E-state index contributed by atoms with van der Waals surface area (Å²) in [7, 11) is 0. The summed E-state index contributed by atoms with van der Waals surface area (Å²) in [6, 6.07) is 16.0. The van der Waals surface area contributed by atoms with E-state index in [4.69, 9.17) is 0 Å². The number of aryl methyl sites for hydroxylation is 1. The topological polar surface area (TPSA) is 84.7 Å². The zero-order valence-corrected chi connectivity index (χ0v) is 15.2. The number of amides is 1. The minimum Gasteiger partial charge on any atom is -0.347 e. The second-order valence-corrected chi connectivity index (χ2v) is 6.85. The Morgan fingerprint density at radius 1 is 1.22 bits per heavy atom. The van der Waals surface area contributed by atoms with Gasteiger partial charge in [-0.15, -0.1) is 5.10 Å². The molecular weight excluding hydrogens is 340 g/mol. The molecule has 1 fully saturated rings. The number of hydrogen-bond acceptors (Lipinski definition) is 5. The van der Waals surface area contributed by atoms with Gasteiger partial charge in [0, 0.05) is 24.1 Å². The summed E-state index contributed by atoms with van der Waals surface area (Å²) in [5.74, 6) is 0.258. The largest absolute Gasteiger partial charge is 0.347 e. The van der Waals surface area contributed by atoms with Gasteiger partial charge in [-0.05, 0) is 59.6 Å². The molecule has 7 heteroatoms. The van der Waals surface area contributed by atoms with Crippen LogP contribution in [0.1, 0.15) is 33.8 Å². The van der Waals surface area contributed by atoms with Crippen molar-refractivity contribution >= 4 is 5.91 Å². The van der Waals surface area contributed by atoms with Crippen LogP contribution in [-0.2, 0) is 0 Å². The third-order valence-corrected chi connectivity index (χ3v) is 5.08. The highest BCUT2D eigenvalue weighted by atomic mass is 16.1. The molecular formula is C20H22N6O. The summed E-state index contributed by atoms with van der Waals surface area (Å²) in [5.41, 5.74) is 3.71. The van der Waals surface area contributed by atoms with Gasteiger partial charge in [0.1, 0.15) is 6.33 Å². The van der Waals surface area contributed by atoms with Gasteiger partial charge >= 0.3 is 0 Å². The number of benzene rings is 2. The van der Waals surface area contributed by atoms with Crippen molar-refractivity contribution < 1.29 is 4.79 Å². The molecule has 0 unspecified atom stereocenters. The van der Waals surface area contributed by atoms with Crippen LogP contribution in [0.3, 0.4) is 0 Å². The lowest BCUT2D eigenvalue weighted by atomic mass is 9.86. The SMILES string of the molecule is Cc1cc(C(=O)N[C@@H]2CNCC[C@@H]2c2ccccc2)ccc1-n1cnnn1. The highest BCUT2D eigenvalue weighted by molar-refractivity contribution is 5.95. The first-order chi connectivity index (χ1) is 13.2. The lowest BCUT2D eigenvalue weighted by Crippen LogP contribution is -2.50. The molecule has 1 aliphatic rings. The maximum absolute atomic E-state index is 12.9. The molecule has 7 nitrogen and oxygen atoms in total. The minimum absolute atomic E-state index is 0.0593. The zero-order chi connectivity index (χ0) is 18.6. The normalized spacial score (nSPS) is 19.6. The van der Waals surface area contributed by atoms with Crippen molar-refractivity contribution in [3.8, 4) is 5.69 Å². The van der Waals surface area contributed by atoms with Gasteiger partial charge in [-0.2, -0.15) is 0 Å². The van der Waals surface area contributed by atoms with Gasteiger partial charge in [0.15, 0.2) is 0 Å². The van der Waals surface area contributed by atoms with E-state index in [-0.39, 0.29) is 11.9 Å². The van der Waals surface area contributed by atoms with Gasteiger partial charge in [-0.3, -0.25) is 4.79 Å². The molecule has 0 aliphatic carbocycles. The van der Waals surface area contributed by atoms with Crippen LogP contribution < -0.4 is 10.6 Å². The minimum atomic E-state index is -0.0593. The van der Waals surface area contributed by atoms with Crippen LogP contribution in [-0.4, -0.2) is 45.2 Å². The van der Waals surface area contributed by atoms with Gasteiger partial charge in [0.25, 0.3) is 5.91 Å². The number of hydrogen-bond donors (Lipinski definition) is 2. The number of aromatic nitrogens is 4. The van der Waals surface area contributed by atoms with Crippen molar-refractivity contribution in [2.45, 2.75) is 25.3 Å². The van der Waals surface area contributed by atoms with Crippen LogP contribution in [0, 0.1) is 6.92 Å². The number of carbonyl (C=O) groups excluding carboxylic acids is 1. The summed E-state index contributed by atoms with van der Waals surface area (Å²) in [5, 5.41) is 17.8. The molecule has 0 bridgehead atoms. The zero-order valence-electron chi connectivity index (χ0n) is 15.2. The Balaban J connectivity index is 1.52. The molecule has 2 heterocycles. The fourth-order valence-electron chi connectivity index (χ4n) is 3.69. The highest BCUT2D eigenvalue weighted by Crippen LogP contribution is 2.26. The second kappa shape index (κ2) is 7.67. The molecule has 0 radical (unpaired) electrons. The van der Waals surface area contributed by atoms with Crippen molar-refractivity contribution in [3.63, 3.8) is 0 Å². The standard InChI is InChI=1S/C20H22N6O/c1-14-11-16(7-8-19(14)26-13-22-24-25-26)20(27)23-18-12-21-10-9-17(18)15-5-3-2-4-6-15/h2-8,11,13,17-18,21H,9-10,12H2,1H3,(H,23,27)/t17-,18-/m1/s1. The van der Waals surface area contributed by atoms with Crippen LogP contribution in [0.4, 0.5) is 0 Å². The van der Waals surface area contributed by atoms with E-state index in [1.54, 1.807) is 11.0 Å². The van der Waals surface area contributed by atoms with Crippen LogP contribution in [0.2, 0.25) is 0 Å². The van der Waals surface area contributed by atoms with E-state index in [0.29, 0.717) is 11.5 Å². The summed E-state index contributed by atoms with van der Waals surface area (Å²) >= 11 is 0. The molecule has 1 saturated heterocycles. The van der Waals surface area contributed by atoms with Crippen LogP contribution in [0.15, 0.2) is 54.9 Å².